The van der Waals surface area contributed by atoms with Crippen LogP contribution >= 0.6 is 34.8 Å². The second-order valence-electron chi connectivity index (χ2n) is 1.26. The van der Waals surface area contributed by atoms with Crippen molar-refractivity contribution in [1.82, 2.24) is 0 Å². The largest absolute Gasteiger partial charge is 0.237 e. The van der Waals surface area contributed by atoms with Gasteiger partial charge >= 0.3 is 0 Å². The Morgan fingerprint density at radius 1 is 1.43 bits per heavy atom. The molecule has 0 aliphatic heterocycles. The van der Waals surface area contributed by atoms with Crippen molar-refractivity contribution in [2.24, 2.45) is 0 Å². The van der Waals surface area contributed by atoms with Gasteiger partial charge in [0.15, 0.2) is 0 Å². The average molecular weight is 175 g/mol. The van der Waals surface area contributed by atoms with E-state index in [4.69, 9.17) is 22.2 Å². The molecule has 0 aromatic carbocycles. The van der Waals surface area contributed by atoms with Gasteiger partial charge in [-0.15, -0.1) is 0 Å². The summed E-state index contributed by atoms with van der Waals surface area (Å²) in [5.41, 5.74) is 0. The van der Waals surface area contributed by atoms with Crippen LogP contribution in [0, 0.1) is 0 Å². The highest BCUT2D eigenvalue weighted by Crippen LogP contribution is 2.05. The third kappa shape index (κ3) is 7.15. The summed E-state index contributed by atoms with van der Waals surface area (Å²) in [6.45, 7) is 0. The van der Waals surface area contributed by atoms with Gasteiger partial charge in [-0.2, -0.15) is 34.8 Å². The molecule has 0 fully saturated rings. The molecular formula is C3H8Cl2SSi. The lowest BCUT2D eigenvalue weighted by Crippen LogP contribution is -1.90. The Morgan fingerprint density at radius 2 is 2.00 bits per heavy atom. The van der Waals surface area contributed by atoms with Gasteiger partial charge in [0, 0.05) is 0 Å². The van der Waals surface area contributed by atoms with E-state index in [9.17, 15) is 0 Å². The van der Waals surface area contributed by atoms with Gasteiger partial charge < -0.3 is 0 Å². The molecule has 0 N–H and O–H groups in total. The lowest BCUT2D eigenvalue weighted by atomic mass is 10.6. The smallest absolute Gasteiger partial charge is 0.179 e. The van der Waals surface area contributed by atoms with Crippen molar-refractivity contribution in [2.45, 2.75) is 12.5 Å². The van der Waals surface area contributed by atoms with Crippen LogP contribution in [-0.2, 0) is 0 Å². The normalized spacial score (nSPS) is 10.3. The van der Waals surface area contributed by atoms with Crippen LogP contribution in [0.3, 0.4) is 0 Å². The number of hydrogen-bond donors (Lipinski definition) is 1. The first-order chi connectivity index (χ1) is 3.27. The number of hydrogen-bond acceptors (Lipinski definition) is 1. The van der Waals surface area contributed by atoms with Crippen molar-refractivity contribution < 1.29 is 0 Å². The summed E-state index contributed by atoms with van der Waals surface area (Å²) in [4.78, 5) is 0. The average Bonchev–Trinajstić information content (AvgIpc) is 1.61. The van der Waals surface area contributed by atoms with Gasteiger partial charge in [0.2, 0.25) is 7.42 Å². The summed E-state index contributed by atoms with van der Waals surface area (Å²) in [5.74, 6) is 0.906. The minimum atomic E-state index is -1.29. The van der Waals surface area contributed by atoms with E-state index in [-0.39, 0.29) is 0 Å². The third-order valence-electron chi connectivity index (χ3n) is 0.580. The molecule has 0 amide bonds. The van der Waals surface area contributed by atoms with Gasteiger partial charge in [-0.25, -0.2) is 0 Å². The summed E-state index contributed by atoms with van der Waals surface area (Å²) in [6, 6.07) is 0.993. The van der Waals surface area contributed by atoms with Crippen LogP contribution in [-0.4, -0.2) is 13.2 Å². The van der Waals surface area contributed by atoms with Crippen molar-refractivity contribution in [3.63, 3.8) is 0 Å². The zero-order chi connectivity index (χ0) is 5.70. The van der Waals surface area contributed by atoms with Gasteiger partial charge in [-0.1, -0.05) is 0 Å². The molecule has 0 aliphatic rings. The molecule has 0 aliphatic carbocycles. The van der Waals surface area contributed by atoms with E-state index in [1.54, 1.807) is 0 Å². The van der Waals surface area contributed by atoms with Crippen LogP contribution in [0.1, 0.15) is 6.42 Å². The Labute approximate surface area is 60.6 Å². The van der Waals surface area contributed by atoms with Crippen LogP contribution in [0.4, 0.5) is 0 Å². The van der Waals surface area contributed by atoms with Gasteiger partial charge in [0.25, 0.3) is 0 Å². The van der Waals surface area contributed by atoms with Gasteiger partial charge in [0.05, 0.1) is 0 Å². The fourth-order valence-electron chi connectivity index (χ4n) is 0.246. The van der Waals surface area contributed by atoms with Gasteiger partial charge in [0.1, 0.15) is 0 Å². The highest BCUT2D eigenvalue weighted by molar-refractivity contribution is 7.80. The molecule has 0 heterocycles. The number of halogens is 2. The van der Waals surface area contributed by atoms with Crippen molar-refractivity contribution >= 4 is 42.2 Å². The number of rotatable bonds is 3. The quantitative estimate of drug-likeness (QED) is 0.378. The zero-order valence-corrected chi connectivity index (χ0v) is 7.46. The van der Waals surface area contributed by atoms with E-state index >= 15 is 0 Å². The summed E-state index contributed by atoms with van der Waals surface area (Å²) in [5, 5.41) is 0. The maximum atomic E-state index is 5.53. The first-order valence-corrected chi connectivity index (χ1v) is 7.10. The molecule has 0 radical (unpaired) electrons. The van der Waals surface area contributed by atoms with Crippen LogP contribution < -0.4 is 0 Å². The second kappa shape index (κ2) is 5.29. The highest BCUT2D eigenvalue weighted by Gasteiger charge is 1.97. The van der Waals surface area contributed by atoms with E-state index in [2.05, 4.69) is 12.6 Å². The molecule has 0 aromatic heterocycles. The molecule has 44 valence electrons. The summed E-state index contributed by atoms with van der Waals surface area (Å²) < 4.78 is 0. The van der Waals surface area contributed by atoms with Crippen molar-refractivity contribution in [3.05, 3.63) is 0 Å². The topological polar surface area (TPSA) is 0 Å². The Balaban J connectivity index is 2.68. The molecule has 0 rings (SSSR count). The highest BCUT2D eigenvalue weighted by atomic mass is 35.7. The number of thiol groups is 1. The second-order valence-corrected chi connectivity index (χ2v) is 6.89. The van der Waals surface area contributed by atoms with Gasteiger partial charge in [-0.3, -0.25) is 0 Å². The summed E-state index contributed by atoms with van der Waals surface area (Å²) >= 11 is 15.1. The minimum absolute atomic E-state index is 0.906. The van der Waals surface area contributed by atoms with Crippen molar-refractivity contribution in [2.75, 3.05) is 5.75 Å². The summed E-state index contributed by atoms with van der Waals surface area (Å²) in [6.07, 6.45) is 1.06. The van der Waals surface area contributed by atoms with Crippen LogP contribution in [0.15, 0.2) is 0 Å². The Kier molecular flexibility index (Phi) is 6.15. The molecular weight excluding hydrogens is 167 g/mol. The zero-order valence-electron chi connectivity index (χ0n) is 3.90. The SMILES string of the molecule is SCCC[SiH](Cl)Cl. The first kappa shape index (κ1) is 8.15. The fraction of sp³-hybridized carbons (Fsp3) is 1.00. The Morgan fingerprint density at radius 3 is 2.14 bits per heavy atom. The minimum Gasteiger partial charge on any atom is -0.179 e. The maximum Gasteiger partial charge on any atom is 0.237 e. The van der Waals surface area contributed by atoms with E-state index in [1.165, 1.54) is 0 Å². The first-order valence-electron chi connectivity index (χ1n) is 2.16. The van der Waals surface area contributed by atoms with E-state index in [1.807, 2.05) is 0 Å². The monoisotopic (exact) mass is 174 g/mol. The molecule has 0 saturated carbocycles. The standard InChI is InChI=1S/C3H8Cl2SSi/c4-7(5)3-1-2-6/h6-7H,1-3H2. The molecule has 4 heteroatoms. The van der Waals surface area contributed by atoms with Crippen LogP contribution in [0.25, 0.3) is 0 Å². The molecule has 0 aromatic rings. The predicted molar refractivity (Wildman–Crippen MR) is 42.1 cm³/mol. The lowest BCUT2D eigenvalue weighted by molar-refractivity contribution is 1.10. The maximum absolute atomic E-state index is 5.53. The van der Waals surface area contributed by atoms with E-state index < -0.39 is 7.42 Å². The van der Waals surface area contributed by atoms with E-state index in [0.717, 1.165) is 18.2 Å². The summed E-state index contributed by atoms with van der Waals surface area (Å²) in [7, 11) is -1.29. The molecule has 0 unspecified atom stereocenters. The molecule has 7 heavy (non-hydrogen) atoms. The fourth-order valence-corrected chi connectivity index (χ4v) is 2.21. The lowest BCUT2D eigenvalue weighted by Gasteiger charge is -1.91. The molecule has 0 spiro atoms. The molecule has 0 atom stereocenters. The van der Waals surface area contributed by atoms with Crippen molar-refractivity contribution in [3.8, 4) is 0 Å². The van der Waals surface area contributed by atoms with Crippen LogP contribution in [0.2, 0.25) is 6.04 Å². The van der Waals surface area contributed by atoms with Crippen molar-refractivity contribution in [1.29, 1.82) is 0 Å². The Bertz CT molecular complexity index is 41.9. The molecule has 0 bridgehead atoms. The molecule has 0 nitrogen and oxygen atoms in total. The Hall–Kier alpha value is 1.15. The van der Waals surface area contributed by atoms with Gasteiger partial charge in [-0.05, 0) is 18.2 Å². The van der Waals surface area contributed by atoms with Crippen LogP contribution in [0.5, 0.6) is 0 Å². The third-order valence-corrected chi connectivity index (χ3v) is 3.05. The predicted octanol–water partition coefficient (Wildman–Crippen LogP) is 2.00. The van der Waals surface area contributed by atoms with E-state index in [0.29, 0.717) is 0 Å². The molecule has 0 saturated heterocycles.